The van der Waals surface area contributed by atoms with Gasteiger partial charge in [-0.25, -0.2) is 8.42 Å². The summed E-state index contributed by atoms with van der Waals surface area (Å²) in [7, 11) is -3.44. The Bertz CT molecular complexity index is 569. The average Bonchev–Trinajstić information content (AvgIpc) is 2.54. The number of aryl methyl sites for hydroxylation is 1. The van der Waals surface area contributed by atoms with Gasteiger partial charge in [-0.3, -0.25) is 4.79 Å². The molecule has 1 aliphatic rings. The molecule has 1 amide bonds. The van der Waals surface area contributed by atoms with Crippen LogP contribution in [0.1, 0.15) is 17.5 Å². The highest BCUT2D eigenvalue weighted by Gasteiger charge is 2.26. The lowest BCUT2D eigenvalue weighted by Crippen LogP contribution is -2.38. The largest absolute Gasteiger partial charge is 0.355 e. The van der Waals surface area contributed by atoms with Gasteiger partial charge in [0.05, 0.1) is 12.3 Å². The van der Waals surface area contributed by atoms with Crippen LogP contribution in [0.15, 0.2) is 24.3 Å². The minimum absolute atomic E-state index is 0.0536. The summed E-state index contributed by atoms with van der Waals surface area (Å²) in [5.41, 5.74) is 1.78. The zero-order chi connectivity index (χ0) is 13.9. The van der Waals surface area contributed by atoms with E-state index in [1.54, 1.807) is 6.07 Å². The first kappa shape index (κ1) is 14.0. The van der Waals surface area contributed by atoms with Crippen LogP contribution in [0.3, 0.4) is 0 Å². The van der Waals surface area contributed by atoms with Gasteiger partial charge in [0.15, 0.2) is 0 Å². The number of carbonyl (C=O) groups excluding carboxylic acids is 1. The second-order valence-corrected chi connectivity index (χ2v) is 6.75. The quantitative estimate of drug-likeness (QED) is 0.885. The van der Waals surface area contributed by atoms with E-state index < -0.39 is 10.0 Å². The number of hydrogen-bond donors (Lipinski definition) is 1. The number of carbonyl (C=O) groups is 1. The van der Waals surface area contributed by atoms with E-state index >= 15 is 0 Å². The van der Waals surface area contributed by atoms with Gasteiger partial charge in [-0.1, -0.05) is 29.8 Å². The van der Waals surface area contributed by atoms with E-state index in [1.807, 2.05) is 25.1 Å². The molecule has 1 aromatic rings. The van der Waals surface area contributed by atoms with Crippen molar-refractivity contribution in [1.82, 2.24) is 9.62 Å². The van der Waals surface area contributed by atoms with Gasteiger partial charge in [-0.05, 0) is 18.9 Å². The summed E-state index contributed by atoms with van der Waals surface area (Å²) in [5.74, 6) is -0.285. The van der Waals surface area contributed by atoms with Gasteiger partial charge >= 0.3 is 0 Å². The van der Waals surface area contributed by atoms with Gasteiger partial charge < -0.3 is 5.32 Å². The molecular weight excluding hydrogens is 264 g/mol. The SMILES string of the molecule is Cc1cccc(CS(=O)(=O)N2CCCNC(=O)C2)c1. The summed E-state index contributed by atoms with van der Waals surface area (Å²) in [4.78, 5) is 11.4. The Kier molecular flexibility index (Phi) is 4.21. The van der Waals surface area contributed by atoms with E-state index in [-0.39, 0.29) is 18.2 Å². The first-order valence-electron chi connectivity index (χ1n) is 6.27. The monoisotopic (exact) mass is 282 g/mol. The number of nitrogens with one attached hydrogen (secondary N) is 1. The zero-order valence-corrected chi connectivity index (χ0v) is 11.7. The molecule has 0 atom stereocenters. The summed E-state index contributed by atoms with van der Waals surface area (Å²) in [6.45, 7) is 2.78. The first-order chi connectivity index (χ1) is 8.97. The molecular formula is C13H18N2O3S. The van der Waals surface area contributed by atoms with E-state index in [0.717, 1.165) is 11.1 Å². The van der Waals surface area contributed by atoms with Crippen molar-refractivity contribution in [2.45, 2.75) is 19.1 Å². The highest BCUT2D eigenvalue weighted by atomic mass is 32.2. The van der Waals surface area contributed by atoms with E-state index in [2.05, 4.69) is 5.32 Å². The zero-order valence-electron chi connectivity index (χ0n) is 10.9. The Hall–Kier alpha value is -1.40. The smallest absolute Gasteiger partial charge is 0.235 e. The van der Waals surface area contributed by atoms with Crippen molar-refractivity contribution in [3.63, 3.8) is 0 Å². The lowest BCUT2D eigenvalue weighted by Gasteiger charge is -2.18. The fraction of sp³-hybridized carbons (Fsp3) is 0.462. The minimum Gasteiger partial charge on any atom is -0.355 e. The van der Waals surface area contributed by atoms with Crippen molar-refractivity contribution < 1.29 is 13.2 Å². The lowest BCUT2D eigenvalue weighted by molar-refractivity contribution is -0.120. The van der Waals surface area contributed by atoms with Gasteiger partial charge in [0.25, 0.3) is 0 Å². The third-order valence-corrected chi connectivity index (χ3v) is 4.85. The number of hydrogen-bond acceptors (Lipinski definition) is 3. The molecule has 1 saturated heterocycles. The molecule has 0 spiro atoms. The Morgan fingerprint density at radius 3 is 2.89 bits per heavy atom. The van der Waals surface area contributed by atoms with E-state index in [0.29, 0.717) is 19.5 Å². The molecule has 1 fully saturated rings. The van der Waals surface area contributed by atoms with Gasteiger partial charge in [0, 0.05) is 13.1 Å². The number of nitrogens with zero attached hydrogens (tertiary/aromatic N) is 1. The maximum absolute atomic E-state index is 12.3. The van der Waals surface area contributed by atoms with Crippen LogP contribution in [0, 0.1) is 6.92 Å². The predicted octanol–water partition coefficient (Wildman–Crippen LogP) is 0.647. The summed E-state index contributed by atoms with van der Waals surface area (Å²) < 4.78 is 25.9. The molecule has 2 rings (SSSR count). The molecule has 0 unspecified atom stereocenters. The third-order valence-electron chi connectivity index (χ3n) is 3.05. The number of rotatable bonds is 3. The molecule has 1 heterocycles. The van der Waals surface area contributed by atoms with Gasteiger partial charge in [0.1, 0.15) is 0 Å². The Morgan fingerprint density at radius 2 is 2.16 bits per heavy atom. The molecule has 6 heteroatoms. The molecule has 0 radical (unpaired) electrons. The molecule has 104 valence electrons. The molecule has 5 nitrogen and oxygen atoms in total. The molecule has 1 aliphatic heterocycles. The average molecular weight is 282 g/mol. The second kappa shape index (κ2) is 5.71. The number of sulfonamides is 1. The Balaban J connectivity index is 2.15. The highest BCUT2D eigenvalue weighted by molar-refractivity contribution is 7.88. The molecule has 19 heavy (non-hydrogen) atoms. The molecule has 1 aromatic carbocycles. The lowest BCUT2D eigenvalue weighted by atomic mass is 10.2. The molecule has 1 N–H and O–H groups in total. The van der Waals surface area contributed by atoms with Crippen LogP contribution < -0.4 is 5.32 Å². The molecule has 0 aliphatic carbocycles. The van der Waals surface area contributed by atoms with E-state index in [4.69, 9.17) is 0 Å². The van der Waals surface area contributed by atoms with Crippen molar-refractivity contribution in [3.8, 4) is 0 Å². The Morgan fingerprint density at radius 1 is 1.37 bits per heavy atom. The van der Waals surface area contributed by atoms with Crippen LogP contribution >= 0.6 is 0 Å². The van der Waals surface area contributed by atoms with Crippen molar-refractivity contribution in [3.05, 3.63) is 35.4 Å². The van der Waals surface area contributed by atoms with Crippen LogP contribution in [-0.2, 0) is 20.6 Å². The van der Waals surface area contributed by atoms with Crippen LogP contribution in [0.25, 0.3) is 0 Å². The van der Waals surface area contributed by atoms with E-state index in [9.17, 15) is 13.2 Å². The number of amides is 1. The van der Waals surface area contributed by atoms with Crippen LogP contribution in [0.2, 0.25) is 0 Å². The van der Waals surface area contributed by atoms with E-state index in [1.165, 1.54) is 4.31 Å². The van der Waals surface area contributed by atoms with Crippen molar-refractivity contribution in [1.29, 1.82) is 0 Å². The third kappa shape index (κ3) is 3.78. The maximum atomic E-state index is 12.3. The summed E-state index contributed by atoms with van der Waals surface area (Å²) in [5, 5.41) is 2.67. The fourth-order valence-electron chi connectivity index (χ4n) is 2.12. The summed E-state index contributed by atoms with van der Waals surface area (Å²) in [6, 6.07) is 7.42. The van der Waals surface area contributed by atoms with Gasteiger partial charge in [0.2, 0.25) is 15.9 Å². The molecule has 0 aromatic heterocycles. The van der Waals surface area contributed by atoms with Gasteiger partial charge in [-0.2, -0.15) is 4.31 Å². The number of benzene rings is 1. The normalized spacial score (nSPS) is 17.8. The first-order valence-corrected chi connectivity index (χ1v) is 7.88. The second-order valence-electron chi connectivity index (χ2n) is 4.78. The van der Waals surface area contributed by atoms with Crippen LogP contribution in [0.5, 0.6) is 0 Å². The molecule has 0 saturated carbocycles. The van der Waals surface area contributed by atoms with Crippen molar-refractivity contribution >= 4 is 15.9 Å². The van der Waals surface area contributed by atoms with Crippen LogP contribution in [0.4, 0.5) is 0 Å². The summed E-state index contributed by atoms with van der Waals surface area (Å²) in [6.07, 6.45) is 0.652. The maximum Gasteiger partial charge on any atom is 0.235 e. The van der Waals surface area contributed by atoms with Crippen molar-refractivity contribution in [2.75, 3.05) is 19.6 Å². The standard InChI is InChI=1S/C13H18N2O3S/c1-11-4-2-5-12(8-11)10-19(17,18)15-7-3-6-14-13(16)9-15/h2,4-5,8H,3,6-7,9-10H2,1H3,(H,14,16). The predicted molar refractivity (Wildman–Crippen MR) is 73.0 cm³/mol. The van der Waals surface area contributed by atoms with Crippen molar-refractivity contribution in [2.24, 2.45) is 0 Å². The topological polar surface area (TPSA) is 66.5 Å². The Labute approximate surface area is 113 Å². The highest BCUT2D eigenvalue weighted by Crippen LogP contribution is 2.13. The van der Waals surface area contributed by atoms with Gasteiger partial charge in [-0.15, -0.1) is 0 Å². The minimum atomic E-state index is -3.44. The fourth-order valence-corrected chi connectivity index (χ4v) is 3.62. The van der Waals surface area contributed by atoms with Crippen LogP contribution in [-0.4, -0.2) is 38.3 Å². The molecule has 0 bridgehead atoms. The summed E-state index contributed by atoms with van der Waals surface area (Å²) >= 11 is 0.